The van der Waals surface area contributed by atoms with Crippen molar-refractivity contribution < 1.29 is 67.1 Å². The van der Waals surface area contributed by atoms with Crippen LogP contribution in [0.3, 0.4) is 0 Å². The first-order valence-corrected chi connectivity index (χ1v) is 10.7. The van der Waals surface area contributed by atoms with Crippen LogP contribution in [-0.4, -0.2) is 18.2 Å². The van der Waals surface area contributed by atoms with Crippen molar-refractivity contribution in [3.63, 3.8) is 0 Å². The number of urea groups is 1. The van der Waals surface area contributed by atoms with Crippen molar-refractivity contribution in [3.05, 3.63) is 75.0 Å². The van der Waals surface area contributed by atoms with Gasteiger partial charge in [0.25, 0.3) is 0 Å². The molecule has 1 aliphatic heterocycles. The maximum Gasteiger partial charge on any atom is 0.418 e. The minimum atomic E-state index is -5.65. The van der Waals surface area contributed by atoms with Crippen LogP contribution in [0.4, 0.5) is 63.2 Å². The second-order valence-corrected chi connectivity index (χ2v) is 8.50. The Balaban J connectivity index is 2.38. The fraction of sp³-hybridized carbons (Fsp3) is 0.261. The number of aldehydes is 1. The topological polar surface area (TPSA) is 92.5 Å². The molecule has 222 valence electrons. The molecule has 0 saturated carbocycles. The molecule has 0 radical (unpaired) electrons. The van der Waals surface area contributed by atoms with Gasteiger partial charge in [-0.3, -0.25) is 14.5 Å². The summed E-state index contributed by atoms with van der Waals surface area (Å²) >= 11 is 0. The van der Waals surface area contributed by atoms with Gasteiger partial charge in [0.15, 0.2) is 6.29 Å². The van der Waals surface area contributed by atoms with E-state index in [4.69, 9.17) is 5.73 Å². The molecule has 2 aromatic rings. The summed E-state index contributed by atoms with van der Waals surface area (Å²) in [5.74, 6) is -1.64. The van der Waals surface area contributed by atoms with Crippen LogP contribution in [0, 0.1) is 0 Å². The highest BCUT2D eigenvalue weighted by atomic mass is 19.4. The number of nitrogens with two attached hydrogens (primary N) is 1. The molecule has 3 rings (SSSR count). The Hall–Kier alpha value is -4.25. The van der Waals surface area contributed by atoms with Crippen molar-refractivity contribution in [2.75, 3.05) is 4.90 Å². The van der Waals surface area contributed by atoms with Crippen molar-refractivity contribution in [3.8, 4) is 0 Å². The van der Waals surface area contributed by atoms with Crippen LogP contribution in [0.25, 0.3) is 0 Å². The molecular formula is C23H13F12N3O3. The minimum absolute atomic E-state index is 0.0312. The lowest BCUT2D eigenvalue weighted by Gasteiger charge is -2.37. The van der Waals surface area contributed by atoms with E-state index in [1.54, 1.807) is 5.32 Å². The van der Waals surface area contributed by atoms with E-state index in [0.717, 1.165) is 0 Å². The summed E-state index contributed by atoms with van der Waals surface area (Å²) in [6, 6.07) is -4.42. The Labute approximate surface area is 220 Å². The van der Waals surface area contributed by atoms with Crippen LogP contribution in [0.2, 0.25) is 0 Å². The molecule has 41 heavy (non-hydrogen) atoms. The number of carbonyl (C=O) groups is 3. The Kier molecular flexibility index (Phi) is 7.62. The molecule has 3 N–H and O–H groups in total. The van der Waals surface area contributed by atoms with E-state index in [1.807, 2.05) is 0 Å². The summed E-state index contributed by atoms with van der Waals surface area (Å²) in [6.07, 6.45) is -22.2. The van der Waals surface area contributed by atoms with Gasteiger partial charge < -0.3 is 11.1 Å². The standard InChI is InChI=1S/C23H13F12N3O3/c1-8-15(18(36)40)16(9-2-11(20(24,25)26)5-12(3-9)21(27,28)29)37-19(41)38(8)17-10(7-39)4-13(22(30,31)32)6-14(17)23(33,34)35/h2-7,16H,1H3,(H2,36,40)(H,37,41). The highest BCUT2D eigenvalue weighted by Crippen LogP contribution is 2.46. The van der Waals surface area contributed by atoms with Crippen molar-refractivity contribution >= 4 is 23.9 Å². The number of carbonyl (C=O) groups excluding carboxylic acids is 3. The van der Waals surface area contributed by atoms with Crippen molar-refractivity contribution in [2.24, 2.45) is 5.73 Å². The molecule has 1 atom stereocenters. The normalized spacial score (nSPS) is 17.0. The third-order valence-electron chi connectivity index (χ3n) is 5.82. The maximum absolute atomic E-state index is 13.9. The Morgan fingerprint density at radius 1 is 0.805 bits per heavy atom. The molecule has 0 spiro atoms. The lowest BCUT2D eigenvalue weighted by Crippen LogP contribution is -2.49. The van der Waals surface area contributed by atoms with Gasteiger partial charge in [-0.2, -0.15) is 52.7 Å². The number of allylic oxidation sites excluding steroid dienone is 1. The van der Waals surface area contributed by atoms with E-state index in [-0.39, 0.29) is 29.2 Å². The highest BCUT2D eigenvalue weighted by Gasteiger charge is 2.45. The van der Waals surface area contributed by atoms with Gasteiger partial charge >= 0.3 is 30.7 Å². The highest BCUT2D eigenvalue weighted by molar-refractivity contribution is 6.07. The average Bonchev–Trinajstić information content (AvgIpc) is 2.80. The molecule has 1 aliphatic rings. The van der Waals surface area contributed by atoms with Gasteiger partial charge in [-0.15, -0.1) is 0 Å². The van der Waals surface area contributed by atoms with E-state index in [2.05, 4.69) is 0 Å². The predicted molar refractivity (Wildman–Crippen MR) is 114 cm³/mol. The zero-order chi connectivity index (χ0) is 31.5. The summed E-state index contributed by atoms with van der Waals surface area (Å²) in [7, 11) is 0. The third-order valence-corrected chi connectivity index (χ3v) is 5.82. The number of nitrogens with zero attached hydrogens (tertiary/aromatic N) is 1. The Morgan fingerprint density at radius 3 is 1.66 bits per heavy atom. The molecule has 18 heteroatoms. The number of hydrogen-bond acceptors (Lipinski definition) is 3. The summed E-state index contributed by atoms with van der Waals surface area (Å²) in [5.41, 5.74) is -8.43. The summed E-state index contributed by atoms with van der Waals surface area (Å²) in [5, 5.41) is 1.76. The van der Waals surface area contributed by atoms with E-state index >= 15 is 0 Å². The van der Waals surface area contributed by atoms with E-state index in [9.17, 15) is 67.1 Å². The number of nitrogens with one attached hydrogen (secondary N) is 1. The number of alkyl halides is 12. The maximum atomic E-state index is 13.9. The average molecular weight is 607 g/mol. The quantitative estimate of drug-likeness (QED) is 0.303. The van der Waals surface area contributed by atoms with Crippen LogP contribution in [0.1, 0.15) is 51.1 Å². The van der Waals surface area contributed by atoms with Gasteiger partial charge in [0.05, 0.1) is 39.6 Å². The Morgan fingerprint density at radius 2 is 1.27 bits per heavy atom. The molecule has 0 aromatic heterocycles. The van der Waals surface area contributed by atoms with Crippen molar-refractivity contribution in [1.29, 1.82) is 0 Å². The number of hydrogen-bond donors (Lipinski definition) is 2. The zero-order valence-corrected chi connectivity index (χ0v) is 19.8. The van der Waals surface area contributed by atoms with Crippen molar-refractivity contribution in [1.82, 2.24) is 5.32 Å². The largest absolute Gasteiger partial charge is 0.418 e. The Bertz CT molecular complexity index is 1420. The SMILES string of the molecule is CC1=C(C(N)=O)C(c2cc(C(F)(F)F)cc(C(F)(F)F)c2)NC(=O)N1c1c(C=O)cc(C(F)(F)F)cc1C(F)(F)F. The fourth-order valence-electron chi connectivity index (χ4n) is 4.10. The van der Waals surface area contributed by atoms with Gasteiger partial charge in [0.1, 0.15) is 0 Å². The second kappa shape index (κ2) is 9.99. The molecule has 0 fully saturated rings. The number of amides is 3. The van der Waals surface area contributed by atoms with Gasteiger partial charge in [0, 0.05) is 11.3 Å². The molecular weight excluding hydrogens is 594 g/mol. The van der Waals surface area contributed by atoms with Gasteiger partial charge in [-0.05, 0) is 42.8 Å². The summed E-state index contributed by atoms with van der Waals surface area (Å²) < 4.78 is 162. The molecule has 0 bridgehead atoms. The predicted octanol–water partition coefficient (Wildman–Crippen LogP) is 6.60. The molecule has 2 aromatic carbocycles. The number of benzene rings is 2. The van der Waals surface area contributed by atoms with Gasteiger partial charge in [0.2, 0.25) is 5.91 Å². The number of rotatable bonds is 4. The van der Waals surface area contributed by atoms with Crippen LogP contribution in [0.5, 0.6) is 0 Å². The molecule has 1 unspecified atom stereocenters. The van der Waals surface area contributed by atoms with Crippen LogP contribution < -0.4 is 16.0 Å². The van der Waals surface area contributed by atoms with E-state index < -0.39 is 105 Å². The minimum Gasteiger partial charge on any atom is -0.366 e. The number of anilines is 1. The van der Waals surface area contributed by atoms with Crippen LogP contribution >= 0.6 is 0 Å². The number of primary amides is 1. The monoisotopic (exact) mass is 607 g/mol. The second-order valence-electron chi connectivity index (χ2n) is 8.50. The smallest absolute Gasteiger partial charge is 0.366 e. The first-order chi connectivity index (χ1) is 18.5. The van der Waals surface area contributed by atoms with Crippen LogP contribution in [0.15, 0.2) is 41.6 Å². The summed E-state index contributed by atoms with van der Waals surface area (Å²) in [4.78, 5) is 36.9. The molecule has 6 nitrogen and oxygen atoms in total. The van der Waals surface area contributed by atoms with Crippen LogP contribution in [-0.2, 0) is 29.5 Å². The molecule has 3 amide bonds. The zero-order valence-electron chi connectivity index (χ0n) is 19.8. The fourth-order valence-corrected chi connectivity index (χ4v) is 4.10. The third kappa shape index (κ3) is 6.09. The van der Waals surface area contributed by atoms with E-state index in [1.165, 1.54) is 0 Å². The molecule has 0 aliphatic carbocycles. The summed E-state index contributed by atoms with van der Waals surface area (Å²) in [6.45, 7) is 0.705. The van der Waals surface area contributed by atoms with Gasteiger partial charge in [-0.25, -0.2) is 4.79 Å². The lowest BCUT2D eigenvalue weighted by atomic mass is 9.90. The number of halogens is 12. The lowest BCUT2D eigenvalue weighted by molar-refractivity contribution is -0.144. The first-order valence-electron chi connectivity index (χ1n) is 10.7. The van der Waals surface area contributed by atoms with E-state index in [0.29, 0.717) is 6.92 Å². The first kappa shape index (κ1) is 31.3. The molecule has 0 saturated heterocycles. The molecule has 1 heterocycles. The van der Waals surface area contributed by atoms with Gasteiger partial charge in [-0.1, -0.05) is 0 Å². The van der Waals surface area contributed by atoms with Crippen molar-refractivity contribution in [2.45, 2.75) is 37.7 Å².